The van der Waals surface area contributed by atoms with E-state index in [1.807, 2.05) is 0 Å². The fourth-order valence-electron chi connectivity index (χ4n) is 3.17. The van der Waals surface area contributed by atoms with Crippen molar-refractivity contribution in [2.24, 2.45) is 0 Å². The second-order valence-electron chi connectivity index (χ2n) is 6.13. The van der Waals surface area contributed by atoms with E-state index in [0.717, 1.165) is 51.9 Å². The SMILES string of the molecule is C=C(C)CN1CCC(NC(=O)N2CCCC2CO)CC1. The van der Waals surface area contributed by atoms with Crippen molar-refractivity contribution in [2.75, 3.05) is 32.8 Å². The first-order valence-electron chi connectivity index (χ1n) is 7.65. The lowest BCUT2D eigenvalue weighted by Crippen LogP contribution is -2.51. The molecular weight excluding hydrogens is 254 g/mol. The standard InChI is InChI=1S/C15H27N3O2/c1-12(2)10-17-8-5-13(6-9-17)16-15(20)18-7-3-4-14(18)11-19/h13-14,19H,1,3-11H2,2H3,(H,16,20). The zero-order chi connectivity index (χ0) is 14.5. The first kappa shape index (κ1) is 15.3. The maximum atomic E-state index is 12.2. The van der Waals surface area contributed by atoms with Crippen LogP contribution in [0.2, 0.25) is 0 Å². The number of carbonyl (C=O) groups excluding carboxylic acids is 1. The molecule has 0 radical (unpaired) electrons. The number of carbonyl (C=O) groups is 1. The van der Waals surface area contributed by atoms with Gasteiger partial charge in [0.15, 0.2) is 0 Å². The molecule has 0 spiro atoms. The minimum Gasteiger partial charge on any atom is -0.394 e. The number of hydrogen-bond acceptors (Lipinski definition) is 3. The lowest BCUT2D eigenvalue weighted by atomic mass is 10.0. The molecule has 0 aromatic rings. The highest BCUT2D eigenvalue weighted by Crippen LogP contribution is 2.18. The van der Waals surface area contributed by atoms with Gasteiger partial charge in [-0.15, -0.1) is 0 Å². The monoisotopic (exact) mass is 281 g/mol. The Morgan fingerprint density at radius 3 is 2.60 bits per heavy atom. The molecule has 2 N–H and O–H groups in total. The molecule has 5 heteroatoms. The van der Waals surface area contributed by atoms with Crippen LogP contribution in [0.5, 0.6) is 0 Å². The lowest BCUT2D eigenvalue weighted by Gasteiger charge is -2.34. The van der Waals surface area contributed by atoms with Crippen LogP contribution in [-0.2, 0) is 0 Å². The van der Waals surface area contributed by atoms with Crippen LogP contribution in [0.15, 0.2) is 12.2 Å². The molecule has 2 amide bonds. The van der Waals surface area contributed by atoms with Crippen molar-refractivity contribution >= 4 is 6.03 Å². The molecule has 0 aliphatic carbocycles. The number of likely N-dealkylation sites (tertiary alicyclic amines) is 2. The van der Waals surface area contributed by atoms with E-state index in [-0.39, 0.29) is 24.7 Å². The van der Waals surface area contributed by atoms with E-state index >= 15 is 0 Å². The number of nitrogens with one attached hydrogen (secondary N) is 1. The predicted octanol–water partition coefficient (Wildman–Crippen LogP) is 1.19. The summed E-state index contributed by atoms with van der Waals surface area (Å²) < 4.78 is 0. The molecule has 1 unspecified atom stereocenters. The van der Waals surface area contributed by atoms with Crippen molar-refractivity contribution in [3.05, 3.63) is 12.2 Å². The average molecular weight is 281 g/mol. The number of urea groups is 1. The number of piperidine rings is 1. The molecule has 0 aromatic heterocycles. The Bertz CT molecular complexity index is 351. The molecule has 2 saturated heterocycles. The summed E-state index contributed by atoms with van der Waals surface area (Å²) in [7, 11) is 0. The maximum Gasteiger partial charge on any atom is 0.317 e. The van der Waals surface area contributed by atoms with Gasteiger partial charge in [-0.1, -0.05) is 12.2 Å². The largest absolute Gasteiger partial charge is 0.394 e. The van der Waals surface area contributed by atoms with Crippen molar-refractivity contribution in [2.45, 2.75) is 44.7 Å². The normalized spacial score (nSPS) is 24.9. The van der Waals surface area contributed by atoms with E-state index in [2.05, 4.69) is 23.7 Å². The molecule has 20 heavy (non-hydrogen) atoms. The van der Waals surface area contributed by atoms with Gasteiger partial charge in [-0.25, -0.2) is 4.79 Å². The van der Waals surface area contributed by atoms with Gasteiger partial charge in [0.05, 0.1) is 12.6 Å². The summed E-state index contributed by atoms with van der Waals surface area (Å²) in [5.74, 6) is 0. The molecule has 114 valence electrons. The predicted molar refractivity (Wildman–Crippen MR) is 79.6 cm³/mol. The Labute approximate surface area is 121 Å². The Hall–Kier alpha value is -1.07. The van der Waals surface area contributed by atoms with Crippen LogP contribution in [0, 0.1) is 0 Å². The van der Waals surface area contributed by atoms with Gasteiger partial charge in [0.2, 0.25) is 0 Å². The number of hydrogen-bond donors (Lipinski definition) is 2. The quantitative estimate of drug-likeness (QED) is 0.761. The Morgan fingerprint density at radius 2 is 2.00 bits per heavy atom. The molecule has 0 aromatic carbocycles. The smallest absolute Gasteiger partial charge is 0.317 e. The van der Waals surface area contributed by atoms with E-state index < -0.39 is 0 Å². The van der Waals surface area contributed by atoms with E-state index in [1.165, 1.54) is 5.57 Å². The van der Waals surface area contributed by atoms with Gasteiger partial charge in [-0.3, -0.25) is 4.90 Å². The van der Waals surface area contributed by atoms with Crippen LogP contribution in [-0.4, -0.2) is 65.8 Å². The molecule has 5 nitrogen and oxygen atoms in total. The molecule has 2 rings (SSSR count). The lowest BCUT2D eigenvalue weighted by molar-refractivity contribution is 0.147. The summed E-state index contributed by atoms with van der Waals surface area (Å²) in [6, 6.07) is 0.280. The summed E-state index contributed by atoms with van der Waals surface area (Å²) in [6.45, 7) is 9.83. The zero-order valence-corrected chi connectivity index (χ0v) is 12.5. The van der Waals surface area contributed by atoms with Crippen molar-refractivity contribution in [3.63, 3.8) is 0 Å². The Morgan fingerprint density at radius 1 is 1.30 bits per heavy atom. The molecule has 2 fully saturated rings. The number of rotatable bonds is 4. The van der Waals surface area contributed by atoms with Gasteiger partial charge < -0.3 is 15.3 Å². The summed E-state index contributed by atoms with van der Waals surface area (Å²) in [5.41, 5.74) is 1.19. The average Bonchev–Trinajstić information content (AvgIpc) is 2.89. The maximum absolute atomic E-state index is 12.2. The van der Waals surface area contributed by atoms with Crippen LogP contribution < -0.4 is 5.32 Å². The first-order chi connectivity index (χ1) is 9.60. The Kier molecular flexibility index (Phi) is 5.43. The van der Waals surface area contributed by atoms with E-state index in [1.54, 1.807) is 4.90 Å². The summed E-state index contributed by atoms with van der Waals surface area (Å²) in [4.78, 5) is 16.4. The second kappa shape index (κ2) is 7.09. The molecule has 0 bridgehead atoms. The highest BCUT2D eigenvalue weighted by atomic mass is 16.3. The zero-order valence-electron chi connectivity index (χ0n) is 12.5. The third-order valence-electron chi connectivity index (χ3n) is 4.26. The third kappa shape index (κ3) is 3.96. The van der Waals surface area contributed by atoms with Crippen LogP contribution in [0.25, 0.3) is 0 Å². The van der Waals surface area contributed by atoms with E-state index in [9.17, 15) is 9.90 Å². The van der Waals surface area contributed by atoms with Gasteiger partial charge in [0.25, 0.3) is 0 Å². The van der Waals surface area contributed by atoms with Crippen molar-refractivity contribution in [3.8, 4) is 0 Å². The van der Waals surface area contributed by atoms with Crippen LogP contribution in [0.1, 0.15) is 32.6 Å². The second-order valence-corrected chi connectivity index (χ2v) is 6.13. The minimum atomic E-state index is -0.0000914. The fourth-order valence-corrected chi connectivity index (χ4v) is 3.17. The summed E-state index contributed by atoms with van der Waals surface area (Å²) >= 11 is 0. The Balaban J connectivity index is 1.75. The van der Waals surface area contributed by atoms with Crippen LogP contribution in [0.4, 0.5) is 4.79 Å². The van der Waals surface area contributed by atoms with Crippen LogP contribution in [0.3, 0.4) is 0 Å². The number of amides is 2. The topological polar surface area (TPSA) is 55.8 Å². The van der Waals surface area contributed by atoms with Crippen molar-refractivity contribution < 1.29 is 9.90 Å². The van der Waals surface area contributed by atoms with Crippen LogP contribution >= 0.6 is 0 Å². The summed E-state index contributed by atoms with van der Waals surface area (Å²) in [5, 5.41) is 12.4. The molecule has 2 heterocycles. The molecular formula is C15H27N3O2. The van der Waals surface area contributed by atoms with Gasteiger partial charge in [-0.2, -0.15) is 0 Å². The number of aliphatic hydroxyl groups is 1. The molecule has 2 aliphatic rings. The van der Waals surface area contributed by atoms with E-state index in [4.69, 9.17) is 0 Å². The van der Waals surface area contributed by atoms with E-state index in [0.29, 0.717) is 0 Å². The number of nitrogens with zero attached hydrogens (tertiary/aromatic N) is 2. The highest BCUT2D eigenvalue weighted by Gasteiger charge is 2.30. The molecule has 2 aliphatic heterocycles. The van der Waals surface area contributed by atoms with Gasteiger partial charge in [0, 0.05) is 32.2 Å². The van der Waals surface area contributed by atoms with Gasteiger partial charge in [0.1, 0.15) is 0 Å². The fraction of sp³-hybridized carbons (Fsp3) is 0.800. The highest BCUT2D eigenvalue weighted by molar-refractivity contribution is 5.75. The van der Waals surface area contributed by atoms with Crippen molar-refractivity contribution in [1.82, 2.24) is 15.1 Å². The van der Waals surface area contributed by atoms with Gasteiger partial charge >= 0.3 is 6.03 Å². The summed E-state index contributed by atoms with van der Waals surface area (Å²) in [6.07, 6.45) is 3.91. The minimum absolute atomic E-state index is 0.0000914. The van der Waals surface area contributed by atoms with Crippen molar-refractivity contribution in [1.29, 1.82) is 0 Å². The molecule has 0 saturated carbocycles. The molecule has 1 atom stereocenters. The first-order valence-corrected chi connectivity index (χ1v) is 7.65. The third-order valence-corrected chi connectivity index (χ3v) is 4.26. The number of aliphatic hydroxyl groups excluding tert-OH is 1. The van der Waals surface area contributed by atoms with Gasteiger partial charge in [-0.05, 0) is 32.6 Å².